The second-order valence-corrected chi connectivity index (χ2v) is 7.24. The van der Waals surface area contributed by atoms with Crippen molar-refractivity contribution in [2.24, 2.45) is 0 Å². The van der Waals surface area contributed by atoms with Gasteiger partial charge in [0.15, 0.2) is 11.5 Å². The second kappa shape index (κ2) is 7.58. The summed E-state index contributed by atoms with van der Waals surface area (Å²) in [5.74, 6) is 1.63. The fraction of sp³-hybridized carbons (Fsp3) is 0.550. The fourth-order valence-electron chi connectivity index (χ4n) is 4.26. The highest BCUT2D eigenvalue weighted by atomic mass is 16.5. The molecule has 0 N–H and O–H groups in total. The molecule has 2 aromatic rings. The van der Waals surface area contributed by atoms with E-state index in [2.05, 4.69) is 20.0 Å². The second-order valence-electron chi connectivity index (χ2n) is 7.24. The van der Waals surface area contributed by atoms with E-state index in [1.807, 2.05) is 18.3 Å². The van der Waals surface area contributed by atoms with Gasteiger partial charge in [-0.25, -0.2) is 0 Å². The van der Waals surface area contributed by atoms with E-state index in [4.69, 9.17) is 9.47 Å². The number of piperidine rings is 2. The number of anilines is 1. The van der Waals surface area contributed by atoms with Gasteiger partial charge in [0.2, 0.25) is 5.91 Å². The Bertz CT molecular complexity index is 841. The number of aromatic nitrogens is 2. The topological polar surface area (TPSA) is 67.8 Å². The maximum absolute atomic E-state index is 12.4. The van der Waals surface area contributed by atoms with Crippen LogP contribution in [0.15, 0.2) is 18.3 Å². The highest BCUT2D eigenvalue weighted by Crippen LogP contribution is 2.36. The molecule has 7 nitrogen and oxygen atoms in total. The first-order valence-corrected chi connectivity index (χ1v) is 9.63. The molecule has 1 amide bonds. The largest absolute Gasteiger partial charge is 0.493 e. The van der Waals surface area contributed by atoms with Crippen LogP contribution in [0, 0.1) is 0 Å². The van der Waals surface area contributed by atoms with Gasteiger partial charge in [0.1, 0.15) is 0 Å². The van der Waals surface area contributed by atoms with Gasteiger partial charge >= 0.3 is 0 Å². The molecule has 0 unspecified atom stereocenters. The molecular weight excluding hydrogens is 344 g/mol. The van der Waals surface area contributed by atoms with Crippen molar-refractivity contribution in [1.82, 2.24) is 15.1 Å². The van der Waals surface area contributed by atoms with Gasteiger partial charge in [0, 0.05) is 43.5 Å². The predicted octanol–water partition coefficient (Wildman–Crippen LogP) is 2.63. The Kier molecular flexibility index (Phi) is 5.01. The van der Waals surface area contributed by atoms with Crippen molar-refractivity contribution < 1.29 is 14.3 Å². The Morgan fingerprint density at radius 2 is 1.89 bits per heavy atom. The molecule has 1 aromatic heterocycles. The number of rotatable bonds is 4. The summed E-state index contributed by atoms with van der Waals surface area (Å²) in [5, 5.41) is 9.46. The number of ether oxygens (including phenoxy) is 2. The quantitative estimate of drug-likeness (QED) is 0.824. The van der Waals surface area contributed by atoms with Crippen LogP contribution in [0.4, 0.5) is 5.69 Å². The van der Waals surface area contributed by atoms with Crippen LogP contribution in [0.25, 0.3) is 10.9 Å². The summed E-state index contributed by atoms with van der Waals surface area (Å²) in [5.41, 5.74) is 1.82. The average Bonchev–Trinajstić information content (AvgIpc) is 2.72. The van der Waals surface area contributed by atoms with Crippen molar-refractivity contribution in [3.05, 3.63) is 18.3 Å². The Labute approximate surface area is 159 Å². The molecule has 27 heavy (non-hydrogen) atoms. The molecule has 144 valence electrons. The average molecular weight is 370 g/mol. The molecule has 1 aromatic carbocycles. The lowest BCUT2D eigenvalue weighted by Crippen LogP contribution is -2.51. The molecule has 1 atom stereocenters. The lowest BCUT2D eigenvalue weighted by Gasteiger charge is -2.42. The maximum atomic E-state index is 12.4. The maximum Gasteiger partial charge on any atom is 0.222 e. The van der Waals surface area contributed by atoms with Crippen LogP contribution in [-0.2, 0) is 4.79 Å². The summed E-state index contributed by atoms with van der Waals surface area (Å²) in [6.07, 6.45) is 6.76. The molecule has 4 rings (SSSR count). The first-order valence-electron chi connectivity index (χ1n) is 9.63. The minimum absolute atomic E-state index is 0.273. The third-order valence-corrected chi connectivity index (χ3v) is 5.66. The minimum Gasteiger partial charge on any atom is -0.493 e. The Morgan fingerprint density at radius 3 is 2.67 bits per heavy atom. The van der Waals surface area contributed by atoms with Gasteiger partial charge in [-0.05, 0) is 31.7 Å². The molecule has 2 aliphatic rings. The van der Waals surface area contributed by atoms with Crippen molar-refractivity contribution in [3.8, 4) is 11.5 Å². The number of carbonyl (C=O) groups is 1. The van der Waals surface area contributed by atoms with Crippen molar-refractivity contribution in [1.29, 1.82) is 0 Å². The number of hydrogen-bond donors (Lipinski definition) is 0. The standard InChI is InChI=1S/C20H26N4O3/c1-26-18-10-15-16(11-19(18)27-2)22-21-12-17(15)23-8-5-6-14(13-23)24-9-4-3-7-20(24)25/h10-12,14H,3-9,13H2,1-2H3/t14-/m1/s1. The summed E-state index contributed by atoms with van der Waals surface area (Å²) in [6.45, 7) is 2.67. The number of hydrogen-bond acceptors (Lipinski definition) is 6. The number of carbonyl (C=O) groups excluding carboxylic acids is 1. The third kappa shape index (κ3) is 3.38. The van der Waals surface area contributed by atoms with Gasteiger partial charge in [0.25, 0.3) is 0 Å². The minimum atomic E-state index is 0.273. The molecule has 0 saturated carbocycles. The van der Waals surface area contributed by atoms with E-state index in [-0.39, 0.29) is 6.04 Å². The number of nitrogens with zero attached hydrogens (tertiary/aromatic N) is 4. The Hall–Kier alpha value is -2.57. The summed E-state index contributed by atoms with van der Waals surface area (Å²) < 4.78 is 10.9. The van der Waals surface area contributed by atoms with Crippen LogP contribution >= 0.6 is 0 Å². The third-order valence-electron chi connectivity index (χ3n) is 5.66. The lowest BCUT2D eigenvalue weighted by atomic mass is 9.99. The van der Waals surface area contributed by atoms with Crippen molar-refractivity contribution >= 4 is 22.5 Å². The smallest absolute Gasteiger partial charge is 0.222 e. The lowest BCUT2D eigenvalue weighted by molar-refractivity contribution is -0.135. The molecule has 0 aliphatic carbocycles. The molecular formula is C20H26N4O3. The number of methoxy groups -OCH3 is 2. The molecule has 7 heteroatoms. The first-order chi connectivity index (χ1) is 13.2. The van der Waals surface area contributed by atoms with Crippen LogP contribution in [0.5, 0.6) is 11.5 Å². The zero-order valence-corrected chi connectivity index (χ0v) is 16.0. The Morgan fingerprint density at radius 1 is 1.07 bits per heavy atom. The van der Waals surface area contributed by atoms with Crippen molar-refractivity contribution in [3.63, 3.8) is 0 Å². The fourth-order valence-corrected chi connectivity index (χ4v) is 4.26. The van der Waals surface area contributed by atoms with Gasteiger partial charge in [-0.3, -0.25) is 4.79 Å². The highest BCUT2D eigenvalue weighted by Gasteiger charge is 2.30. The summed E-state index contributed by atoms with van der Waals surface area (Å²) in [7, 11) is 3.25. The zero-order chi connectivity index (χ0) is 18.8. The molecule has 2 aliphatic heterocycles. The number of amides is 1. The van der Waals surface area contributed by atoms with Crippen molar-refractivity contribution in [2.45, 2.75) is 38.1 Å². The normalized spacial score (nSPS) is 20.8. The number of likely N-dealkylation sites (tertiary alicyclic amines) is 1. The summed E-state index contributed by atoms with van der Waals surface area (Å²) >= 11 is 0. The SMILES string of the molecule is COc1cc2nncc(N3CCC[C@@H](N4CCCCC4=O)C3)c2cc1OC. The van der Waals surface area contributed by atoms with Crippen LogP contribution in [0.1, 0.15) is 32.1 Å². The van der Waals surface area contributed by atoms with Gasteiger partial charge in [-0.1, -0.05) is 0 Å². The molecule has 2 saturated heterocycles. The van der Waals surface area contributed by atoms with Crippen LogP contribution in [0.2, 0.25) is 0 Å². The first kappa shape index (κ1) is 17.8. The summed E-state index contributed by atoms with van der Waals surface area (Å²) in [4.78, 5) is 16.8. The zero-order valence-electron chi connectivity index (χ0n) is 16.0. The molecule has 0 bridgehead atoms. The van der Waals surface area contributed by atoms with Crippen molar-refractivity contribution in [2.75, 3.05) is 38.8 Å². The van der Waals surface area contributed by atoms with Crippen LogP contribution in [0.3, 0.4) is 0 Å². The van der Waals surface area contributed by atoms with E-state index < -0.39 is 0 Å². The summed E-state index contributed by atoms with van der Waals surface area (Å²) in [6, 6.07) is 4.10. The molecule has 0 spiro atoms. The predicted molar refractivity (Wildman–Crippen MR) is 103 cm³/mol. The van der Waals surface area contributed by atoms with E-state index in [0.717, 1.165) is 61.9 Å². The molecule has 2 fully saturated rings. The highest BCUT2D eigenvalue weighted by molar-refractivity contribution is 5.93. The number of fused-ring (bicyclic) bond motifs is 1. The van der Waals surface area contributed by atoms with E-state index in [0.29, 0.717) is 23.8 Å². The van der Waals surface area contributed by atoms with E-state index >= 15 is 0 Å². The van der Waals surface area contributed by atoms with E-state index in [1.165, 1.54) is 0 Å². The van der Waals surface area contributed by atoms with Gasteiger partial charge in [0.05, 0.1) is 31.6 Å². The van der Waals surface area contributed by atoms with E-state index in [1.54, 1.807) is 14.2 Å². The molecule has 0 radical (unpaired) electrons. The van der Waals surface area contributed by atoms with E-state index in [9.17, 15) is 4.79 Å². The van der Waals surface area contributed by atoms with Gasteiger partial charge in [-0.15, -0.1) is 0 Å². The van der Waals surface area contributed by atoms with Gasteiger partial charge in [-0.2, -0.15) is 10.2 Å². The number of benzene rings is 1. The molecule has 3 heterocycles. The monoisotopic (exact) mass is 370 g/mol. The van der Waals surface area contributed by atoms with Gasteiger partial charge < -0.3 is 19.3 Å². The van der Waals surface area contributed by atoms with Crippen LogP contribution < -0.4 is 14.4 Å². The van der Waals surface area contributed by atoms with Crippen LogP contribution in [-0.4, -0.2) is 60.9 Å². The Balaban J connectivity index is 1.66.